The van der Waals surface area contributed by atoms with Crippen molar-refractivity contribution in [1.82, 2.24) is 25.1 Å². The number of hydrogen-bond donors (Lipinski definition) is 4. The van der Waals surface area contributed by atoms with E-state index in [1.54, 1.807) is 116 Å². The number of hydrogen-bond acceptors (Lipinski definition) is 9. The summed E-state index contributed by atoms with van der Waals surface area (Å²) in [5, 5.41) is 8.14. The molecule has 0 saturated carbocycles. The van der Waals surface area contributed by atoms with Crippen molar-refractivity contribution in [3.8, 4) is 0 Å². The third kappa shape index (κ3) is 13.7. The molecule has 2 fully saturated rings. The molecule has 2 aromatic carbocycles. The second-order valence-corrected chi connectivity index (χ2v) is 15.5. The van der Waals surface area contributed by atoms with Crippen LogP contribution in [-0.4, -0.2) is 93.4 Å². The molecule has 4 heterocycles. The van der Waals surface area contributed by atoms with Crippen molar-refractivity contribution in [1.29, 1.82) is 0 Å². The molecular formula is C43H50F2N8O6. The number of carbonyl (C=O) groups is 5. The summed E-state index contributed by atoms with van der Waals surface area (Å²) in [4.78, 5) is 73.0. The van der Waals surface area contributed by atoms with Crippen LogP contribution in [0.25, 0.3) is 0 Å². The number of nitrogens with two attached hydrogens (primary N) is 1. The fraction of sp³-hybridized carbons (Fsp3) is 0.372. The largest absolute Gasteiger partial charge is 0.444 e. The molecule has 5 amide bonds. The first-order valence-electron chi connectivity index (χ1n) is 19.3. The Morgan fingerprint density at radius 2 is 1.14 bits per heavy atom. The van der Waals surface area contributed by atoms with E-state index in [2.05, 4.69) is 25.9 Å². The number of anilines is 2. The van der Waals surface area contributed by atoms with Gasteiger partial charge in [0.1, 0.15) is 28.9 Å². The first-order valence-corrected chi connectivity index (χ1v) is 19.3. The predicted molar refractivity (Wildman–Crippen MR) is 216 cm³/mol. The number of amides is 5. The van der Waals surface area contributed by atoms with Crippen LogP contribution in [0.4, 0.5) is 25.2 Å². The first kappa shape index (κ1) is 43.8. The normalized spacial score (nSPS) is 14.9. The Balaban J connectivity index is 0.000000230. The highest BCUT2D eigenvalue weighted by Gasteiger charge is 2.38. The van der Waals surface area contributed by atoms with Crippen molar-refractivity contribution < 1.29 is 37.5 Å². The van der Waals surface area contributed by atoms with Crippen molar-refractivity contribution in [3.05, 3.63) is 120 Å². The number of benzene rings is 2. The van der Waals surface area contributed by atoms with Crippen LogP contribution in [0.2, 0.25) is 0 Å². The Morgan fingerprint density at radius 3 is 1.58 bits per heavy atom. The van der Waals surface area contributed by atoms with Crippen LogP contribution < -0.4 is 21.7 Å². The second kappa shape index (κ2) is 20.4. The minimum atomic E-state index is -0.706. The third-order valence-corrected chi connectivity index (χ3v) is 9.49. The van der Waals surface area contributed by atoms with Gasteiger partial charge in [-0.2, -0.15) is 0 Å². The highest BCUT2D eigenvalue weighted by atomic mass is 19.1. The molecule has 16 heteroatoms. The van der Waals surface area contributed by atoms with Crippen LogP contribution in [0.1, 0.15) is 44.7 Å². The van der Waals surface area contributed by atoms with Gasteiger partial charge < -0.3 is 36.2 Å². The first-order chi connectivity index (χ1) is 28.1. The number of alkyl carbamates (subject to hydrolysis) is 1. The van der Waals surface area contributed by atoms with Gasteiger partial charge in [0.25, 0.3) is 0 Å². The number of ether oxygens (including phenoxy) is 1. The maximum absolute atomic E-state index is 14.2. The standard InChI is InChI=1S/C24H29FN4O4.C19H21FN4O2/c1-24(2,3)33-23(32)27-18(12-16-8-4-5-9-19(16)25)13-21(30)29-14-17(15-29)22(31)28-20-10-6-7-11-26-20;20-16-6-2-1-5-13(16)9-15(21)10-18(25)24-11-14(12-24)19(26)23-17-7-3-4-8-22-17/h4-11,17-18H,12-15H2,1-3H3,(H,27,32)(H,26,28,31);1-8,14-15H,9-12,21H2,(H,22,23,26)/t18-;15-/m11/s1. The maximum Gasteiger partial charge on any atom is 0.407 e. The second-order valence-electron chi connectivity index (χ2n) is 15.5. The van der Waals surface area contributed by atoms with E-state index in [1.165, 1.54) is 12.1 Å². The van der Waals surface area contributed by atoms with Gasteiger partial charge in [-0.05, 0) is 81.1 Å². The van der Waals surface area contributed by atoms with Crippen LogP contribution in [0.15, 0.2) is 97.3 Å². The number of nitrogens with one attached hydrogen (secondary N) is 3. The molecule has 14 nitrogen and oxygen atoms in total. The highest BCUT2D eigenvalue weighted by Crippen LogP contribution is 2.22. The minimum Gasteiger partial charge on any atom is -0.444 e. The summed E-state index contributed by atoms with van der Waals surface area (Å²) in [5.41, 5.74) is 6.18. The van der Waals surface area contributed by atoms with Gasteiger partial charge in [0.05, 0.1) is 11.8 Å². The van der Waals surface area contributed by atoms with Crippen molar-refractivity contribution >= 4 is 41.4 Å². The van der Waals surface area contributed by atoms with E-state index < -0.39 is 29.6 Å². The molecule has 5 N–H and O–H groups in total. The van der Waals surface area contributed by atoms with Crippen LogP contribution in [0, 0.1) is 23.5 Å². The Hall–Kier alpha value is -6.29. The summed E-state index contributed by atoms with van der Waals surface area (Å²) in [6, 6.07) is 22.0. The quantitative estimate of drug-likeness (QED) is 0.148. The predicted octanol–water partition coefficient (Wildman–Crippen LogP) is 4.72. The van der Waals surface area contributed by atoms with Crippen molar-refractivity contribution in [3.63, 3.8) is 0 Å². The Kier molecular flexibility index (Phi) is 15.2. The average Bonchev–Trinajstić information content (AvgIpc) is 3.12. The molecule has 2 aliphatic heterocycles. The van der Waals surface area contributed by atoms with E-state index in [0.717, 1.165) is 0 Å². The molecule has 312 valence electrons. The topological polar surface area (TPSA) is 189 Å². The lowest BCUT2D eigenvalue weighted by atomic mass is 9.96. The summed E-state index contributed by atoms with van der Waals surface area (Å²) in [6.07, 6.45) is 3.03. The zero-order valence-electron chi connectivity index (χ0n) is 33.3. The molecule has 2 saturated heterocycles. The van der Waals surface area contributed by atoms with Gasteiger partial charge in [0.15, 0.2) is 0 Å². The summed E-state index contributed by atoms with van der Waals surface area (Å²) in [7, 11) is 0. The molecule has 59 heavy (non-hydrogen) atoms. The molecule has 0 aliphatic carbocycles. The van der Waals surface area contributed by atoms with E-state index >= 15 is 0 Å². The molecular weight excluding hydrogens is 763 g/mol. The highest BCUT2D eigenvalue weighted by molar-refractivity contribution is 5.94. The van der Waals surface area contributed by atoms with Gasteiger partial charge in [0, 0.05) is 63.5 Å². The zero-order chi connectivity index (χ0) is 42.5. The molecule has 0 unspecified atom stereocenters. The van der Waals surface area contributed by atoms with Gasteiger partial charge in [-0.1, -0.05) is 48.5 Å². The fourth-order valence-corrected chi connectivity index (χ4v) is 6.32. The average molecular weight is 813 g/mol. The Bertz CT molecular complexity index is 2060. The van der Waals surface area contributed by atoms with Crippen LogP contribution >= 0.6 is 0 Å². The lowest BCUT2D eigenvalue weighted by Crippen LogP contribution is -2.55. The molecule has 0 bridgehead atoms. The minimum absolute atomic E-state index is 0.0395. The van der Waals surface area contributed by atoms with E-state index in [1.807, 2.05) is 0 Å². The number of rotatable bonds is 13. The van der Waals surface area contributed by atoms with Crippen LogP contribution in [0.3, 0.4) is 0 Å². The van der Waals surface area contributed by atoms with E-state index in [4.69, 9.17) is 10.5 Å². The molecule has 6 rings (SSSR count). The lowest BCUT2D eigenvalue weighted by Gasteiger charge is -2.39. The van der Waals surface area contributed by atoms with Crippen LogP contribution in [0.5, 0.6) is 0 Å². The number of carbonyl (C=O) groups excluding carboxylic acids is 5. The summed E-state index contributed by atoms with van der Waals surface area (Å²) in [5.74, 6) is -1.04. The third-order valence-electron chi connectivity index (χ3n) is 9.49. The number of likely N-dealkylation sites (tertiary alicyclic amines) is 2. The number of pyridine rings is 2. The van der Waals surface area contributed by atoms with Gasteiger partial charge in [0.2, 0.25) is 23.6 Å². The molecule has 2 aliphatic rings. The molecule has 2 aromatic heterocycles. The van der Waals surface area contributed by atoms with E-state index in [-0.39, 0.29) is 73.6 Å². The summed E-state index contributed by atoms with van der Waals surface area (Å²) in [6.45, 7) is 6.49. The summed E-state index contributed by atoms with van der Waals surface area (Å²) < 4.78 is 33.1. The van der Waals surface area contributed by atoms with Gasteiger partial charge in [-0.3, -0.25) is 19.2 Å². The molecule has 4 aromatic rings. The molecule has 0 spiro atoms. The van der Waals surface area contributed by atoms with Gasteiger partial charge in [-0.25, -0.2) is 23.5 Å². The van der Waals surface area contributed by atoms with Crippen LogP contribution in [-0.2, 0) is 36.8 Å². The van der Waals surface area contributed by atoms with E-state index in [0.29, 0.717) is 42.3 Å². The smallest absolute Gasteiger partial charge is 0.407 e. The molecule has 0 radical (unpaired) electrons. The zero-order valence-corrected chi connectivity index (χ0v) is 33.3. The van der Waals surface area contributed by atoms with E-state index in [9.17, 15) is 32.8 Å². The fourth-order valence-electron chi connectivity index (χ4n) is 6.32. The Morgan fingerprint density at radius 1 is 0.695 bits per heavy atom. The Labute approximate surface area is 341 Å². The SMILES string of the molecule is CC(C)(C)OC(=O)N[C@@H](CC(=O)N1CC(C(=O)Nc2ccccn2)C1)Cc1ccccc1F.N[C@@H](CC(=O)N1CC(C(=O)Nc2ccccn2)C1)Cc1ccccc1F. The maximum atomic E-state index is 14.2. The van der Waals surface area contributed by atoms with Crippen molar-refractivity contribution in [2.45, 2.75) is 64.1 Å². The number of halogens is 2. The lowest BCUT2D eigenvalue weighted by molar-refractivity contribution is -0.143. The number of aromatic nitrogens is 2. The number of nitrogens with zero attached hydrogens (tertiary/aromatic N) is 4. The monoisotopic (exact) mass is 812 g/mol. The van der Waals surface area contributed by atoms with Crippen molar-refractivity contribution in [2.75, 3.05) is 36.8 Å². The van der Waals surface area contributed by atoms with Gasteiger partial charge >= 0.3 is 6.09 Å². The van der Waals surface area contributed by atoms with Gasteiger partial charge in [-0.15, -0.1) is 0 Å². The molecule has 2 atom stereocenters. The summed E-state index contributed by atoms with van der Waals surface area (Å²) >= 11 is 0. The van der Waals surface area contributed by atoms with Crippen molar-refractivity contribution in [2.24, 2.45) is 17.6 Å².